The highest BCUT2D eigenvalue weighted by Gasteiger charge is 2.35. The molecular weight excluding hydrogens is 172 g/mol. The summed E-state index contributed by atoms with van der Waals surface area (Å²) in [5.41, 5.74) is 6.15. The molecule has 0 spiro atoms. The van der Waals surface area contributed by atoms with Gasteiger partial charge in [-0.05, 0) is 52.5 Å². The Hall–Kier alpha value is -0.0800. The van der Waals surface area contributed by atoms with E-state index in [0.717, 1.165) is 12.5 Å². The van der Waals surface area contributed by atoms with Crippen molar-refractivity contribution in [1.29, 1.82) is 0 Å². The van der Waals surface area contributed by atoms with Crippen molar-refractivity contribution in [1.82, 2.24) is 4.90 Å². The van der Waals surface area contributed by atoms with Crippen LogP contribution < -0.4 is 5.73 Å². The van der Waals surface area contributed by atoms with Gasteiger partial charge in [0.05, 0.1) is 0 Å². The van der Waals surface area contributed by atoms with E-state index in [4.69, 9.17) is 5.73 Å². The molecular formula is C12H26N2. The fraction of sp³-hybridized carbons (Fsp3) is 1.00. The van der Waals surface area contributed by atoms with Crippen LogP contribution in [0.25, 0.3) is 0 Å². The molecule has 1 aliphatic heterocycles. The van der Waals surface area contributed by atoms with Crippen LogP contribution >= 0.6 is 0 Å². The van der Waals surface area contributed by atoms with Crippen molar-refractivity contribution in [2.75, 3.05) is 13.1 Å². The molecule has 2 nitrogen and oxygen atoms in total. The van der Waals surface area contributed by atoms with Crippen LogP contribution in [0.2, 0.25) is 0 Å². The van der Waals surface area contributed by atoms with Crippen LogP contribution in [0.15, 0.2) is 0 Å². The van der Waals surface area contributed by atoms with Gasteiger partial charge in [0.25, 0.3) is 0 Å². The van der Waals surface area contributed by atoms with Crippen molar-refractivity contribution in [3.05, 3.63) is 0 Å². The van der Waals surface area contributed by atoms with Crippen molar-refractivity contribution in [2.24, 2.45) is 11.7 Å². The second-order valence-corrected chi connectivity index (χ2v) is 5.36. The molecule has 1 fully saturated rings. The van der Waals surface area contributed by atoms with E-state index in [0.29, 0.717) is 11.6 Å². The summed E-state index contributed by atoms with van der Waals surface area (Å²) in [5, 5.41) is 0. The van der Waals surface area contributed by atoms with Crippen molar-refractivity contribution in [3.8, 4) is 0 Å². The van der Waals surface area contributed by atoms with E-state index in [1.807, 2.05) is 0 Å². The summed E-state index contributed by atoms with van der Waals surface area (Å²) in [6.45, 7) is 11.4. The number of nitrogens with two attached hydrogens (primary N) is 1. The Balaban J connectivity index is 2.66. The Kier molecular flexibility index (Phi) is 3.96. The van der Waals surface area contributed by atoms with Gasteiger partial charge in [-0.2, -0.15) is 0 Å². The highest BCUT2D eigenvalue weighted by Crippen LogP contribution is 2.32. The highest BCUT2D eigenvalue weighted by molar-refractivity contribution is 4.91. The molecule has 2 heteroatoms. The van der Waals surface area contributed by atoms with Crippen molar-refractivity contribution < 1.29 is 0 Å². The standard InChI is InChI=1S/C12H26N2/c1-5-10(2)14-9-11(8-13)6-7-12(14,3)4/h10-11H,5-9,13H2,1-4H3. The molecule has 0 aromatic heterocycles. The van der Waals surface area contributed by atoms with E-state index < -0.39 is 0 Å². The first-order chi connectivity index (χ1) is 6.51. The van der Waals surface area contributed by atoms with E-state index in [-0.39, 0.29) is 0 Å². The fourth-order valence-electron chi connectivity index (χ4n) is 2.51. The summed E-state index contributed by atoms with van der Waals surface area (Å²) in [4.78, 5) is 2.65. The summed E-state index contributed by atoms with van der Waals surface area (Å²) in [6, 6.07) is 0.694. The van der Waals surface area contributed by atoms with Gasteiger partial charge in [-0.25, -0.2) is 0 Å². The number of hydrogen-bond donors (Lipinski definition) is 1. The van der Waals surface area contributed by atoms with Crippen LogP contribution in [0.3, 0.4) is 0 Å². The Morgan fingerprint density at radius 3 is 2.64 bits per heavy atom. The van der Waals surface area contributed by atoms with Gasteiger partial charge < -0.3 is 5.73 Å². The minimum Gasteiger partial charge on any atom is -0.330 e. The molecule has 1 saturated heterocycles. The third-order valence-electron chi connectivity index (χ3n) is 3.85. The van der Waals surface area contributed by atoms with Crippen LogP contribution in [0.1, 0.15) is 47.0 Å². The summed E-state index contributed by atoms with van der Waals surface area (Å²) >= 11 is 0. The van der Waals surface area contributed by atoms with Crippen LogP contribution in [-0.4, -0.2) is 29.6 Å². The molecule has 0 saturated carbocycles. The summed E-state index contributed by atoms with van der Waals surface area (Å²) in [5.74, 6) is 0.719. The van der Waals surface area contributed by atoms with E-state index in [2.05, 4.69) is 32.6 Å². The molecule has 0 amide bonds. The van der Waals surface area contributed by atoms with E-state index in [1.165, 1.54) is 25.8 Å². The van der Waals surface area contributed by atoms with Crippen LogP contribution in [0.4, 0.5) is 0 Å². The topological polar surface area (TPSA) is 29.3 Å². The maximum absolute atomic E-state index is 5.77. The lowest BCUT2D eigenvalue weighted by atomic mass is 9.83. The number of piperidine rings is 1. The van der Waals surface area contributed by atoms with Gasteiger partial charge in [-0.1, -0.05) is 6.92 Å². The van der Waals surface area contributed by atoms with Crippen LogP contribution in [0.5, 0.6) is 0 Å². The predicted molar refractivity (Wildman–Crippen MR) is 62.3 cm³/mol. The molecule has 0 aromatic rings. The summed E-state index contributed by atoms with van der Waals surface area (Å²) < 4.78 is 0. The highest BCUT2D eigenvalue weighted by atomic mass is 15.2. The zero-order chi connectivity index (χ0) is 10.8. The Labute approximate surface area is 88.8 Å². The molecule has 0 bridgehead atoms. The molecule has 2 unspecified atom stereocenters. The van der Waals surface area contributed by atoms with Crippen LogP contribution in [0, 0.1) is 5.92 Å². The van der Waals surface area contributed by atoms with Gasteiger partial charge in [0.2, 0.25) is 0 Å². The molecule has 1 heterocycles. The van der Waals surface area contributed by atoms with E-state index in [9.17, 15) is 0 Å². The second kappa shape index (κ2) is 4.63. The van der Waals surface area contributed by atoms with Gasteiger partial charge >= 0.3 is 0 Å². The first kappa shape index (κ1) is 12.0. The molecule has 1 rings (SSSR count). The fourth-order valence-corrected chi connectivity index (χ4v) is 2.51. The number of rotatable bonds is 3. The predicted octanol–water partition coefficient (Wildman–Crippen LogP) is 2.23. The third-order valence-corrected chi connectivity index (χ3v) is 3.85. The lowest BCUT2D eigenvalue weighted by Gasteiger charge is -2.48. The second-order valence-electron chi connectivity index (χ2n) is 5.36. The van der Waals surface area contributed by atoms with Gasteiger partial charge in [0.1, 0.15) is 0 Å². The average molecular weight is 198 g/mol. The molecule has 0 aliphatic carbocycles. The normalized spacial score (nSPS) is 30.2. The van der Waals surface area contributed by atoms with Gasteiger partial charge in [-0.15, -0.1) is 0 Å². The van der Waals surface area contributed by atoms with Crippen molar-refractivity contribution in [2.45, 2.75) is 58.5 Å². The first-order valence-electron chi connectivity index (χ1n) is 5.98. The van der Waals surface area contributed by atoms with Gasteiger partial charge in [0, 0.05) is 18.1 Å². The summed E-state index contributed by atoms with van der Waals surface area (Å²) in [7, 11) is 0. The molecule has 84 valence electrons. The molecule has 2 N–H and O–H groups in total. The monoisotopic (exact) mass is 198 g/mol. The number of nitrogens with zero attached hydrogens (tertiary/aromatic N) is 1. The SMILES string of the molecule is CCC(C)N1CC(CN)CCC1(C)C. The van der Waals surface area contributed by atoms with Crippen molar-refractivity contribution in [3.63, 3.8) is 0 Å². The Morgan fingerprint density at radius 1 is 1.50 bits per heavy atom. The third kappa shape index (κ3) is 2.48. The van der Waals surface area contributed by atoms with E-state index in [1.54, 1.807) is 0 Å². The number of hydrogen-bond acceptors (Lipinski definition) is 2. The maximum Gasteiger partial charge on any atom is 0.0156 e. The first-order valence-corrected chi connectivity index (χ1v) is 5.98. The smallest absolute Gasteiger partial charge is 0.0156 e. The van der Waals surface area contributed by atoms with Gasteiger partial charge in [-0.3, -0.25) is 4.90 Å². The molecule has 0 aromatic carbocycles. The molecule has 2 atom stereocenters. The average Bonchev–Trinajstić information content (AvgIpc) is 2.16. The van der Waals surface area contributed by atoms with Crippen LogP contribution in [-0.2, 0) is 0 Å². The zero-order valence-corrected chi connectivity index (χ0v) is 10.2. The Bertz CT molecular complexity index is 177. The molecule has 14 heavy (non-hydrogen) atoms. The molecule has 0 radical (unpaired) electrons. The van der Waals surface area contributed by atoms with Crippen molar-refractivity contribution >= 4 is 0 Å². The molecule has 1 aliphatic rings. The lowest BCUT2D eigenvalue weighted by Crippen LogP contribution is -2.55. The number of likely N-dealkylation sites (tertiary alicyclic amines) is 1. The zero-order valence-electron chi connectivity index (χ0n) is 10.2. The quantitative estimate of drug-likeness (QED) is 0.753. The Morgan fingerprint density at radius 2 is 2.14 bits per heavy atom. The lowest BCUT2D eigenvalue weighted by molar-refractivity contribution is 0.0135. The van der Waals surface area contributed by atoms with Gasteiger partial charge in [0.15, 0.2) is 0 Å². The minimum atomic E-state index is 0.376. The largest absolute Gasteiger partial charge is 0.330 e. The minimum absolute atomic E-state index is 0.376. The van der Waals surface area contributed by atoms with E-state index >= 15 is 0 Å². The maximum atomic E-state index is 5.77. The summed E-state index contributed by atoms with van der Waals surface area (Å²) in [6.07, 6.45) is 3.83.